The van der Waals surface area contributed by atoms with Crippen molar-refractivity contribution in [2.45, 2.75) is 51.0 Å². The normalized spacial score (nSPS) is 19.0. The number of ether oxygens (including phenoxy) is 3. The fourth-order valence-electron chi connectivity index (χ4n) is 4.40. The number of carbonyl (C=O) groups excluding carboxylic acids is 2. The number of amides is 1. The number of methoxy groups -OCH3 is 1. The Balaban J connectivity index is 1.49. The fourth-order valence-corrected chi connectivity index (χ4v) is 4.40. The largest absolute Gasteiger partial charge is 0.493 e. The first kappa shape index (κ1) is 21.2. The molecule has 6 nitrogen and oxygen atoms in total. The third-order valence-corrected chi connectivity index (χ3v) is 6.07. The molecule has 4 rings (SSSR count). The van der Waals surface area contributed by atoms with Crippen molar-refractivity contribution in [3.05, 3.63) is 53.6 Å². The number of esters is 1. The van der Waals surface area contributed by atoms with Crippen LogP contribution in [-0.2, 0) is 9.53 Å². The Morgan fingerprint density at radius 2 is 1.81 bits per heavy atom. The summed E-state index contributed by atoms with van der Waals surface area (Å²) < 4.78 is 16.7. The summed E-state index contributed by atoms with van der Waals surface area (Å²) in [5.74, 6) is 1.28. The molecule has 1 saturated heterocycles. The number of hydrogen-bond acceptors (Lipinski definition) is 5. The van der Waals surface area contributed by atoms with E-state index in [1.54, 1.807) is 43.2 Å². The standard InChI is InChI=1S/C25H29NO5/c1-3-30-25(28)17-8-11-20(12-9-17)26-16-19(15-24(26)27)18-10-13-22(29-2)23(14-18)31-21-6-4-5-7-21/h8-14,19,21H,3-7,15-16H2,1-2H3/t19-/m0/s1. The van der Waals surface area contributed by atoms with Gasteiger partial charge in [0.05, 0.1) is 25.4 Å². The van der Waals surface area contributed by atoms with Gasteiger partial charge in [-0.3, -0.25) is 4.79 Å². The van der Waals surface area contributed by atoms with Crippen molar-refractivity contribution in [3.63, 3.8) is 0 Å². The first-order chi connectivity index (χ1) is 15.1. The van der Waals surface area contributed by atoms with Gasteiger partial charge in [0.2, 0.25) is 5.91 Å². The van der Waals surface area contributed by atoms with Crippen LogP contribution in [0.15, 0.2) is 42.5 Å². The van der Waals surface area contributed by atoms with E-state index in [0.717, 1.165) is 35.6 Å². The van der Waals surface area contributed by atoms with Crippen LogP contribution in [0, 0.1) is 0 Å². The summed E-state index contributed by atoms with van der Waals surface area (Å²) in [5, 5.41) is 0. The minimum absolute atomic E-state index is 0.0722. The van der Waals surface area contributed by atoms with E-state index in [2.05, 4.69) is 0 Å². The summed E-state index contributed by atoms with van der Waals surface area (Å²) in [4.78, 5) is 26.4. The van der Waals surface area contributed by atoms with Crippen molar-refractivity contribution in [2.75, 3.05) is 25.2 Å². The van der Waals surface area contributed by atoms with E-state index in [1.807, 2.05) is 18.2 Å². The molecule has 1 amide bonds. The topological polar surface area (TPSA) is 65.1 Å². The predicted octanol–water partition coefficient (Wildman–Crippen LogP) is 4.71. The SMILES string of the molecule is CCOC(=O)c1ccc(N2C[C@@H](c3ccc(OC)c(OC4CCCC4)c3)CC2=O)cc1. The number of rotatable bonds is 7. The van der Waals surface area contributed by atoms with E-state index in [4.69, 9.17) is 14.2 Å². The van der Waals surface area contributed by atoms with Gasteiger partial charge in [0.25, 0.3) is 0 Å². The second kappa shape index (κ2) is 9.41. The van der Waals surface area contributed by atoms with Gasteiger partial charge in [0, 0.05) is 24.6 Å². The lowest BCUT2D eigenvalue weighted by Crippen LogP contribution is -2.24. The molecule has 1 heterocycles. The van der Waals surface area contributed by atoms with Crippen molar-refractivity contribution in [1.82, 2.24) is 0 Å². The molecule has 164 valence electrons. The van der Waals surface area contributed by atoms with Crippen LogP contribution in [0.4, 0.5) is 5.69 Å². The maximum Gasteiger partial charge on any atom is 0.338 e. The van der Waals surface area contributed by atoms with E-state index in [-0.39, 0.29) is 23.9 Å². The Bertz CT molecular complexity index is 933. The first-order valence-corrected chi connectivity index (χ1v) is 11.0. The first-order valence-electron chi connectivity index (χ1n) is 11.0. The maximum atomic E-state index is 12.7. The third kappa shape index (κ3) is 4.68. The molecule has 1 aliphatic heterocycles. The number of nitrogens with zero attached hydrogens (tertiary/aromatic N) is 1. The summed E-state index contributed by atoms with van der Waals surface area (Å²) in [6.45, 7) is 2.70. The molecule has 2 aromatic carbocycles. The number of hydrogen-bond donors (Lipinski definition) is 0. The maximum absolute atomic E-state index is 12.7. The zero-order valence-electron chi connectivity index (χ0n) is 18.1. The highest BCUT2D eigenvalue weighted by molar-refractivity contribution is 5.97. The lowest BCUT2D eigenvalue weighted by molar-refractivity contribution is -0.117. The monoisotopic (exact) mass is 423 g/mol. The highest BCUT2D eigenvalue weighted by atomic mass is 16.5. The highest BCUT2D eigenvalue weighted by Gasteiger charge is 2.32. The minimum atomic E-state index is -0.354. The van der Waals surface area contributed by atoms with Crippen molar-refractivity contribution >= 4 is 17.6 Å². The second-order valence-electron chi connectivity index (χ2n) is 8.11. The molecule has 1 saturated carbocycles. The quantitative estimate of drug-likeness (QED) is 0.603. The number of benzene rings is 2. The summed E-state index contributed by atoms with van der Waals surface area (Å²) in [7, 11) is 1.65. The van der Waals surface area contributed by atoms with Crippen LogP contribution in [0.3, 0.4) is 0 Å². The third-order valence-electron chi connectivity index (χ3n) is 6.07. The molecule has 0 spiro atoms. The fraction of sp³-hybridized carbons (Fsp3) is 0.440. The molecule has 2 aliphatic rings. The molecule has 31 heavy (non-hydrogen) atoms. The van der Waals surface area contributed by atoms with Gasteiger partial charge in [-0.05, 0) is 74.6 Å². The van der Waals surface area contributed by atoms with Gasteiger partial charge in [-0.2, -0.15) is 0 Å². The van der Waals surface area contributed by atoms with E-state index in [0.29, 0.717) is 25.1 Å². The van der Waals surface area contributed by atoms with Gasteiger partial charge in [0.15, 0.2) is 11.5 Å². The molecule has 1 aliphatic carbocycles. The average Bonchev–Trinajstić information content (AvgIpc) is 3.43. The van der Waals surface area contributed by atoms with Crippen LogP contribution in [0.2, 0.25) is 0 Å². The minimum Gasteiger partial charge on any atom is -0.493 e. The molecular formula is C25H29NO5. The summed E-state index contributed by atoms with van der Waals surface area (Å²) in [6.07, 6.45) is 5.23. The molecular weight excluding hydrogens is 394 g/mol. The molecule has 1 atom stereocenters. The van der Waals surface area contributed by atoms with Crippen LogP contribution >= 0.6 is 0 Å². The molecule has 0 radical (unpaired) electrons. The average molecular weight is 424 g/mol. The van der Waals surface area contributed by atoms with Gasteiger partial charge < -0.3 is 19.1 Å². The zero-order chi connectivity index (χ0) is 21.8. The Morgan fingerprint density at radius 3 is 2.48 bits per heavy atom. The smallest absolute Gasteiger partial charge is 0.338 e. The van der Waals surface area contributed by atoms with Gasteiger partial charge in [0.1, 0.15) is 0 Å². The Hall–Kier alpha value is -3.02. The zero-order valence-corrected chi connectivity index (χ0v) is 18.1. The molecule has 2 aromatic rings. The van der Waals surface area contributed by atoms with Crippen LogP contribution in [0.1, 0.15) is 60.9 Å². The van der Waals surface area contributed by atoms with E-state index < -0.39 is 0 Å². The summed E-state index contributed by atoms with van der Waals surface area (Å²) in [6, 6.07) is 13.0. The van der Waals surface area contributed by atoms with Crippen molar-refractivity contribution in [3.8, 4) is 11.5 Å². The Morgan fingerprint density at radius 1 is 1.06 bits per heavy atom. The number of anilines is 1. The lowest BCUT2D eigenvalue weighted by Gasteiger charge is -2.19. The van der Waals surface area contributed by atoms with Gasteiger partial charge >= 0.3 is 5.97 Å². The van der Waals surface area contributed by atoms with Crippen molar-refractivity contribution < 1.29 is 23.8 Å². The van der Waals surface area contributed by atoms with Crippen molar-refractivity contribution in [2.24, 2.45) is 0 Å². The van der Waals surface area contributed by atoms with E-state index in [9.17, 15) is 9.59 Å². The molecule has 0 aromatic heterocycles. The molecule has 2 fully saturated rings. The van der Waals surface area contributed by atoms with Gasteiger partial charge in [-0.15, -0.1) is 0 Å². The number of carbonyl (C=O) groups is 2. The molecule has 0 unspecified atom stereocenters. The van der Waals surface area contributed by atoms with Crippen LogP contribution in [0.5, 0.6) is 11.5 Å². The van der Waals surface area contributed by atoms with Gasteiger partial charge in [-0.25, -0.2) is 4.79 Å². The van der Waals surface area contributed by atoms with Crippen LogP contribution < -0.4 is 14.4 Å². The molecule has 0 N–H and O–H groups in total. The summed E-state index contributed by atoms with van der Waals surface area (Å²) >= 11 is 0. The molecule has 0 bridgehead atoms. The predicted molar refractivity (Wildman–Crippen MR) is 118 cm³/mol. The van der Waals surface area contributed by atoms with Crippen LogP contribution in [-0.4, -0.2) is 38.2 Å². The Kier molecular flexibility index (Phi) is 6.44. The van der Waals surface area contributed by atoms with E-state index >= 15 is 0 Å². The highest BCUT2D eigenvalue weighted by Crippen LogP contribution is 2.38. The molecule has 6 heteroatoms. The lowest BCUT2D eigenvalue weighted by atomic mass is 9.98. The van der Waals surface area contributed by atoms with E-state index in [1.165, 1.54) is 12.8 Å². The van der Waals surface area contributed by atoms with Crippen molar-refractivity contribution in [1.29, 1.82) is 0 Å². The van der Waals surface area contributed by atoms with Crippen LogP contribution in [0.25, 0.3) is 0 Å². The van der Waals surface area contributed by atoms with Gasteiger partial charge in [-0.1, -0.05) is 6.07 Å². The second-order valence-corrected chi connectivity index (χ2v) is 8.11. The Labute approximate surface area is 183 Å². The summed E-state index contributed by atoms with van der Waals surface area (Å²) in [5.41, 5.74) is 2.35.